The molecule has 0 amide bonds. The number of rotatable bonds is 0. The third kappa shape index (κ3) is 1.71. The fourth-order valence-corrected chi connectivity index (χ4v) is 2.70. The minimum Gasteiger partial charge on any atom is -0.313 e. The summed E-state index contributed by atoms with van der Waals surface area (Å²) in [6.07, 6.45) is 1.41. The fourth-order valence-electron chi connectivity index (χ4n) is 1.10. The molecular formula is C6H9NO2S. The molecule has 4 heteroatoms. The number of nitrogens with zero attached hydrogens (tertiary/aromatic N) is 1. The SMILES string of the molecule is [C-]#[N+]C1CCCS(=O)(=O)C1. The fraction of sp³-hybridized carbons (Fsp3) is 0.833. The van der Waals surface area contributed by atoms with Crippen molar-refractivity contribution in [2.45, 2.75) is 18.9 Å². The van der Waals surface area contributed by atoms with Crippen molar-refractivity contribution in [1.82, 2.24) is 0 Å². The molecule has 1 fully saturated rings. The zero-order valence-electron chi connectivity index (χ0n) is 5.58. The highest BCUT2D eigenvalue weighted by molar-refractivity contribution is 7.91. The van der Waals surface area contributed by atoms with Crippen molar-refractivity contribution >= 4 is 9.84 Å². The van der Waals surface area contributed by atoms with E-state index in [1.54, 1.807) is 0 Å². The molecule has 1 heterocycles. The van der Waals surface area contributed by atoms with Crippen LogP contribution in [-0.2, 0) is 9.84 Å². The van der Waals surface area contributed by atoms with Crippen LogP contribution in [0.15, 0.2) is 0 Å². The minimum absolute atomic E-state index is 0.0799. The van der Waals surface area contributed by atoms with Crippen molar-refractivity contribution in [2.75, 3.05) is 11.5 Å². The first-order valence-corrected chi connectivity index (χ1v) is 5.03. The molecule has 56 valence electrons. The molecule has 0 aromatic carbocycles. The first kappa shape index (κ1) is 7.55. The topological polar surface area (TPSA) is 38.5 Å². The Kier molecular flexibility index (Phi) is 1.95. The Labute approximate surface area is 60.8 Å². The second-order valence-electron chi connectivity index (χ2n) is 2.54. The number of hydrogen-bond donors (Lipinski definition) is 0. The maximum absolute atomic E-state index is 10.9. The van der Waals surface area contributed by atoms with Gasteiger partial charge in [0.05, 0.1) is 5.75 Å². The lowest BCUT2D eigenvalue weighted by Gasteiger charge is -2.11. The van der Waals surface area contributed by atoms with E-state index < -0.39 is 9.84 Å². The Morgan fingerprint density at radius 2 is 2.20 bits per heavy atom. The highest BCUT2D eigenvalue weighted by Gasteiger charge is 2.27. The third-order valence-electron chi connectivity index (χ3n) is 1.62. The zero-order chi connectivity index (χ0) is 7.61. The lowest BCUT2D eigenvalue weighted by Crippen LogP contribution is -2.26. The molecule has 1 aliphatic heterocycles. The summed E-state index contributed by atoms with van der Waals surface area (Å²) in [6.45, 7) is 6.63. The molecule has 0 spiro atoms. The molecule has 0 radical (unpaired) electrons. The van der Waals surface area contributed by atoms with E-state index >= 15 is 0 Å². The lowest BCUT2D eigenvalue weighted by molar-refractivity contribution is 0.568. The monoisotopic (exact) mass is 159 g/mol. The van der Waals surface area contributed by atoms with Crippen LogP contribution in [0.5, 0.6) is 0 Å². The molecule has 3 nitrogen and oxygen atoms in total. The van der Waals surface area contributed by atoms with Crippen molar-refractivity contribution in [2.24, 2.45) is 0 Å². The van der Waals surface area contributed by atoms with Gasteiger partial charge in [-0.3, -0.25) is 0 Å². The smallest absolute Gasteiger partial charge is 0.237 e. The predicted octanol–water partition coefficient (Wildman–Crippen LogP) is 0.483. The van der Waals surface area contributed by atoms with E-state index in [0.717, 1.165) is 6.42 Å². The Hall–Kier alpha value is -0.560. The van der Waals surface area contributed by atoms with Crippen LogP contribution in [0.2, 0.25) is 0 Å². The first-order valence-electron chi connectivity index (χ1n) is 3.21. The van der Waals surface area contributed by atoms with Gasteiger partial charge in [0.25, 0.3) is 0 Å². The van der Waals surface area contributed by atoms with Gasteiger partial charge in [-0.25, -0.2) is 15.0 Å². The summed E-state index contributed by atoms with van der Waals surface area (Å²) >= 11 is 0. The van der Waals surface area contributed by atoms with Crippen LogP contribution >= 0.6 is 0 Å². The average molecular weight is 159 g/mol. The zero-order valence-corrected chi connectivity index (χ0v) is 6.39. The largest absolute Gasteiger partial charge is 0.313 e. The van der Waals surface area contributed by atoms with Crippen molar-refractivity contribution in [3.05, 3.63) is 11.4 Å². The van der Waals surface area contributed by atoms with Gasteiger partial charge in [-0.05, 0) is 6.42 Å². The number of sulfone groups is 1. The molecule has 1 aliphatic rings. The maximum atomic E-state index is 10.9. The van der Waals surface area contributed by atoms with Crippen LogP contribution in [0.4, 0.5) is 0 Å². The Morgan fingerprint density at radius 3 is 2.60 bits per heavy atom. The highest BCUT2D eigenvalue weighted by atomic mass is 32.2. The molecule has 0 N–H and O–H groups in total. The van der Waals surface area contributed by atoms with Gasteiger partial charge in [0.15, 0.2) is 9.84 Å². The molecule has 0 aliphatic carbocycles. The molecule has 0 bridgehead atoms. The summed E-state index contributed by atoms with van der Waals surface area (Å²) in [7, 11) is -2.86. The molecule has 1 atom stereocenters. The Morgan fingerprint density at radius 1 is 1.50 bits per heavy atom. The van der Waals surface area contributed by atoms with E-state index in [1.807, 2.05) is 0 Å². The second-order valence-corrected chi connectivity index (χ2v) is 4.77. The Bertz CT molecular complexity index is 249. The summed E-state index contributed by atoms with van der Waals surface area (Å²) in [6, 6.07) is -0.265. The molecule has 1 unspecified atom stereocenters. The molecule has 0 aromatic heterocycles. The van der Waals surface area contributed by atoms with Gasteiger partial charge in [0, 0.05) is 6.42 Å². The van der Waals surface area contributed by atoms with E-state index in [-0.39, 0.29) is 17.5 Å². The van der Waals surface area contributed by atoms with Gasteiger partial charge < -0.3 is 4.85 Å². The maximum Gasteiger partial charge on any atom is 0.237 e. The van der Waals surface area contributed by atoms with E-state index in [0.29, 0.717) is 6.42 Å². The standard InChI is InChI=1S/C6H9NO2S/c1-7-6-3-2-4-10(8,9)5-6/h6H,2-5H2. The summed E-state index contributed by atoms with van der Waals surface area (Å²) in [4.78, 5) is 3.21. The molecule has 1 saturated heterocycles. The van der Waals surface area contributed by atoms with E-state index in [1.165, 1.54) is 0 Å². The van der Waals surface area contributed by atoms with Crippen molar-refractivity contribution in [3.63, 3.8) is 0 Å². The van der Waals surface area contributed by atoms with Crippen LogP contribution in [0.1, 0.15) is 12.8 Å². The van der Waals surface area contributed by atoms with Gasteiger partial charge in [0.2, 0.25) is 6.04 Å². The second kappa shape index (κ2) is 2.59. The molecular weight excluding hydrogens is 150 g/mol. The summed E-state index contributed by atoms with van der Waals surface area (Å²) < 4.78 is 21.8. The summed E-state index contributed by atoms with van der Waals surface area (Å²) in [5, 5.41) is 0. The third-order valence-corrected chi connectivity index (χ3v) is 3.42. The van der Waals surface area contributed by atoms with Gasteiger partial charge in [-0.2, -0.15) is 0 Å². The quantitative estimate of drug-likeness (QED) is 0.482. The predicted molar refractivity (Wildman–Crippen MR) is 38.3 cm³/mol. The average Bonchev–Trinajstić information content (AvgIpc) is 1.86. The van der Waals surface area contributed by atoms with Gasteiger partial charge >= 0.3 is 0 Å². The van der Waals surface area contributed by atoms with Gasteiger partial charge in [0.1, 0.15) is 5.75 Å². The van der Waals surface area contributed by atoms with Crippen molar-refractivity contribution in [3.8, 4) is 0 Å². The number of hydrogen-bond acceptors (Lipinski definition) is 2. The van der Waals surface area contributed by atoms with Crippen LogP contribution in [-0.4, -0.2) is 26.0 Å². The Balaban J connectivity index is 2.67. The highest BCUT2D eigenvalue weighted by Crippen LogP contribution is 2.14. The van der Waals surface area contributed by atoms with Crippen molar-refractivity contribution in [1.29, 1.82) is 0 Å². The van der Waals surface area contributed by atoms with Crippen LogP contribution < -0.4 is 0 Å². The van der Waals surface area contributed by atoms with Crippen LogP contribution in [0.25, 0.3) is 4.85 Å². The minimum atomic E-state index is -2.86. The van der Waals surface area contributed by atoms with E-state index in [9.17, 15) is 8.42 Å². The summed E-state index contributed by atoms with van der Waals surface area (Å²) in [5.41, 5.74) is 0. The first-order chi connectivity index (χ1) is 4.64. The molecule has 0 saturated carbocycles. The molecule has 0 aromatic rings. The summed E-state index contributed by atoms with van der Waals surface area (Å²) in [5.74, 6) is 0.357. The van der Waals surface area contributed by atoms with Crippen LogP contribution in [0, 0.1) is 6.57 Å². The normalized spacial score (nSPS) is 30.9. The van der Waals surface area contributed by atoms with Crippen molar-refractivity contribution < 1.29 is 8.42 Å². The van der Waals surface area contributed by atoms with Gasteiger partial charge in [-0.15, -0.1) is 0 Å². The van der Waals surface area contributed by atoms with E-state index in [2.05, 4.69) is 4.85 Å². The molecule has 10 heavy (non-hydrogen) atoms. The van der Waals surface area contributed by atoms with Gasteiger partial charge in [-0.1, -0.05) is 0 Å². The van der Waals surface area contributed by atoms with E-state index in [4.69, 9.17) is 6.57 Å². The lowest BCUT2D eigenvalue weighted by atomic mass is 10.2. The molecule has 1 rings (SSSR count). The van der Waals surface area contributed by atoms with Crippen LogP contribution in [0.3, 0.4) is 0 Å².